The first kappa shape index (κ1) is 22.1. The van der Waals surface area contributed by atoms with Crippen LogP contribution in [0.2, 0.25) is 0 Å². The molecule has 1 aromatic heterocycles. The zero-order valence-electron chi connectivity index (χ0n) is 19.2. The number of ether oxygens (including phenoxy) is 3. The second-order valence-corrected chi connectivity index (χ2v) is 7.81. The van der Waals surface area contributed by atoms with Gasteiger partial charge in [-0.1, -0.05) is 26.0 Å². The molecule has 1 N–H and O–H groups in total. The summed E-state index contributed by atoms with van der Waals surface area (Å²) in [5.41, 5.74) is 4.51. The molecule has 0 saturated carbocycles. The Balaban J connectivity index is 1.59. The molecule has 0 aliphatic carbocycles. The maximum absolute atomic E-state index is 12.9. The number of nitrogens with zero attached hydrogens (tertiary/aromatic N) is 3. The van der Waals surface area contributed by atoms with Crippen LogP contribution in [0.3, 0.4) is 0 Å². The third-order valence-electron chi connectivity index (χ3n) is 5.36. The van der Waals surface area contributed by atoms with Gasteiger partial charge in [-0.05, 0) is 53.9 Å². The normalized spacial score (nSPS) is 11.0. The van der Waals surface area contributed by atoms with Crippen LogP contribution < -0.4 is 19.5 Å². The Morgan fingerprint density at radius 1 is 0.848 bits per heavy atom. The molecule has 0 spiro atoms. The van der Waals surface area contributed by atoms with Crippen molar-refractivity contribution < 1.29 is 19.0 Å². The molecule has 33 heavy (non-hydrogen) atoms. The van der Waals surface area contributed by atoms with Gasteiger partial charge in [-0.2, -0.15) is 4.80 Å². The standard InChI is InChI=1S/C25H26N4O4/c1-15(2)16-6-9-19(10-7-16)29-27-20-11-8-18(14-21(20)28-29)26-25(30)17-12-22(31-3)24(33-5)23(13-17)32-4/h6-15H,1-5H3,(H,26,30). The summed E-state index contributed by atoms with van der Waals surface area (Å²) in [6.07, 6.45) is 0. The molecule has 0 bridgehead atoms. The van der Waals surface area contributed by atoms with E-state index in [2.05, 4.69) is 41.5 Å². The van der Waals surface area contributed by atoms with E-state index in [-0.39, 0.29) is 5.91 Å². The number of nitrogens with one attached hydrogen (secondary N) is 1. The number of carbonyl (C=O) groups excluding carboxylic acids is 1. The zero-order chi connectivity index (χ0) is 23.5. The van der Waals surface area contributed by atoms with E-state index in [4.69, 9.17) is 14.2 Å². The fourth-order valence-corrected chi connectivity index (χ4v) is 3.52. The monoisotopic (exact) mass is 446 g/mol. The highest BCUT2D eigenvalue weighted by atomic mass is 16.5. The van der Waals surface area contributed by atoms with Gasteiger partial charge in [-0.15, -0.1) is 10.2 Å². The highest BCUT2D eigenvalue weighted by Gasteiger charge is 2.17. The molecule has 0 radical (unpaired) electrons. The third-order valence-corrected chi connectivity index (χ3v) is 5.36. The van der Waals surface area contributed by atoms with Crippen LogP contribution in [-0.2, 0) is 0 Å². The topological polar surface area (TPSA) is 87.5 Å². The number of methoxy groups -OCH3 is 3. The van der Waals surface area contributed by atoms with Crippen molar-refractivity contribution in [2.75, 3.05) is 26.6 Å². The number of benzene rings is 3. The molecular formula is C25H26N4O4. The van der Waals surface area contributed by atoms with Crippen LogP contribution in [0, 0.1) is 0 Å². The first-order valence-corrected chi connectivity index (χ1v) is 10.5. The van der Waals surface area contributed by atoms with E-state index in [1.54, 1.807) is 29.1 Å². The maximum Gasteiger partial charge on any atom is 0.255 e. The molecule has 4 rings (SSSR count). The van der Waals surface area contributed by atoms with E-state index in [1.165, 1.54) is 26.9 Å². The average molecular weight is 447 g/mol. The SMILES string of the molecule is COc1cc(C(=O)Nc2ccc3nn(-c4ccc(C(C)C)cc4)nc3c2)cc(OC)c1OC. The zero-order valence-corrected chi connectivity index (χ0v) is 19.2. The Labute approximate surface area is 192 Å². The van der Waals surface area contributed by atoms with Crippen molar-refractivity contribution in [3.8, 4) is 22.9 Å². The largest absolute Gasteiger partial charge is 0.493 e. The summed E-state index contributed by atoms with van der Waals surface area (Å²) in [6.45, 7) is 4.31. The van der Waals surface area contributed by atoms with Gasteiger partial charge in [0.15, 0.2) is 11.5 Å². The van der Waals surface area contributed by atoms with Gasteiger partial charge in [-0.3, -0.25) is 4.79 Å². The molecule has 8 nitrogen and oxygen atoms in total. The lowest BCUT2D eigenvalue weighted by Crippen LogP contribution is -2.12. The van der Waals surface area contributed by atoms with Crippen LogP contribution >= 0.6 is 0 Å². The minimum Gasteiger partial charge on any atom is -0.493 e. The molecule has 170 valence electrons. The van der Waals surface area contributed by atoms with Gasteiger partial charge < -0.3 is 19.5 Å². The van der Waals surface area contributed by atoms with Gasteiger partial charge in [-0.25, -0.2) is 0 Å². The third kappa shape index (κ3) is 4.45. The number of rotatable bonds is 7. The summed E-state index contributed by atoms with van der Waals surface area (Å²) in [6, 6.07) is 16.8. The van der Waals surface area contributed by atoms with Crippen molar-refractivity contribution in [1.82, 2.24) is 15.0 Å². The Morgan fingerprint density at radius 3 is 2.06 bits per heavy atom. The lowest BCUT2D eigenvalue weighted by molar-refractivity contribution is 0.102. The van der Waals surface area contributed by atoms with E-state index in [0.717, 1.165) is 11.2 Å². The Kier molecular flexibility index (Phi) is 6.17. The van der Waals surface area contributed by atoms with Crippen molar-refractivity contribution >= 4 is 22.6 Å². The lowest BCUT2D eigenvalue weighted by atomic mass is 10.0. The fraction of sp³-hybridized carbons (Fsp3) is 0.240. The lowest BCUT2D eigenvalue weighted by Gasteiger charge is -2.14. The molecule has 3 aromatic carbocycles. The summed E-state index contributed by atoms with van der Waals surface area (Å²) in [4.78, 5) is 14.5. The number of amides is 1. The van der Waals surface area contributed by atoms with Gasteiger partial charge in [0.1, 0.15) is 11.0 Å². The van der Waals surface area contributed by atoms with E-state index in [9.17, 15) is 4.79 Å². The molecule has 0 atom stereocenters. The number of aromatic nitrogens is 3. The average Bonchev–Trinajstić information content (AvgIpc) is 3.26. The molecule has 8 heteroatoms. The van der Waals surface area contributed by atoms with E-state index < -0.39 is 0 Å². The number of carbonyl (C=O) groups is 1. The van der Waals surface area contributed by atoms with Crippen LogP contribution in [0.4, 0.5) is 5.69 Å². The summed E-state index contributed by atoms with van der Waals surface area (Å²) in [7, 11) is 4.53. The second kappa shape index (κ2) is 9.20. The highest BCUT2D eigenvalue weighted by Crippen LogP contribution is 2.38. The minimum atomic E-state index is -0.315. The number of hydrogen-bond acceptors (Lipinski definition) is 6. The molecule has 1 amide bonds. The summed E-state index contributed by atoms with van der Waals surface area (Å²) >= 11 is 0. The predicted molar refractivity (Wildman–Crippen MR) is 127 cm³/mol. The number of hydrogen-bond donors (Lipinski definition) is 1. The highest BCUT2D eigenvalue weighted by molar-refractivity contribution is 6.05. The van der Waals surface area contributed by atoms with Crippen molar-refractivity contribution in [1.29, 1.82) is 0 Å². The molecule has 0 unspecified atom stereocenters. The van der Waals surface area contributed by atoms with E-state index in [0.29, 0.717) is 39.9 Å². The molecule has 0 aliphatic rings. The van der Waals surface area contributed by atoms with Crippen LogP contribution in [0.15, 0.2) is 54.6 Å². The van der Waals surface area contributed by atoms with Crippen LogP contribution in [0.25, 0.3) is 16.7 Å². The second-order valence-electron chi connectivity index (χ2n) is 7.81. The molecule has 4 aromatic rings. The van der Waals surface area contributed by atoms with Crippen molar-refractivity contribution in [3.63, 3.8) is 0 Å². The Morgan fingerprint density at radius 2 is 1.48 bits per heavy atom. The van der Waals surface area contributed by atoms with Crippen LogP contribution in [0.1, 0.15) is 35.7 Å². The molecule has 1 heterocycles. The molecular weight excluding hydrogens is 420 g/mol. The van der Waals surface area contributed by atoms with Gasteiger partial charge >= 0.3 is 0 Å². The van der Waals surface area contributed by atoms with Crippen molar-refractivity contribution in [3.05, 3.63) is 65.7 Å². The van der Waals surface area contributed by atoms with Crippen LogP contribution in [-0.4, -0.2) is 42.2 Å². The van der Waals surface area contributed by atoms with Gasteiger partial charge in [0.25, 0.3) is 5.91 Å². The summed E-state index contributed by atoms with van der Waals surface area (Å²) in [5, 5.41) is 12.0. The quantitative estimate of drug-likeness (QED) is 0.438. The Bertz CT molecular complexity index is 1270. The first-order valence-electron chi connectivity index (χ1n) is 10.5. The number of fused-ring (bicyclic) bond motifs is 1. The Hall–Kier alpha value is -4.07. The molecule has 0 aliphatic heterocycles. The van der Waals surface area contributed by atoms with E-state index >= 15 is 0 Å². The minimum absolute atomic E-state index is 0.315. The summed E-state index contributed by atoms with van der Waals surface area (Å²) < 4.78 is 16.0. The van der Waals surface area contributed by atoms with Gasteiger partial charge in [0.05, 0.1) is 27.0 Å². The smallest absolute Gasteiger partial charge is 0.255 e. The van der Waals surface area contributed by atoms with Crippen LogP contribution in [0.5, 0.6) is 17.2 Å². The fourth-order valence-electron chi connectivity index (χ4n) is 3.52. The number of anilines is 1. The van der Waals surface area contributed by atoms with Crippen molar-refractivity contribution in [2.45, 2.75) is 19.8 Å². The van der Waals surface area contributed by atoms with Gasteiger partial charge in [0, 0.05) is 11.3 Å². The predicted octanol–water partition coefficient (Wildman–Crippen LogP) is 4.82. The van der Waals surface area contributed by atoms with Gasteiger partial charge in [0.2, 0.25) is 5.75 Å². The molecule has 0 fully saturated rings. The van der Waals surface area contributed by atoms with Crippen molar-refractivity contribution in [2.24, 2.45) is 0 Å². The summed E-state index contributed by atoms with van der Waals surface area (Å²) in [5.74, 6) is 1.38. The van der Waals surface area contributed by atoms with E-state index in [1.807, 2.05) is 18.2 Å². The first-order chi connectivity index (χ1) is 15.9. The maximum atomic E-state index is 12.9. The molecule has 0 saturated heterocycles.